The summed E-state index contributed by atoms with van der Waals surface area (Å²) in [6, 6.07) is 3.99. The molecule has 0 bridgehead atoms. The zero-order valence-electron chi connectivity index (χ0n) is 14.2. The van der Waals surface area contributed by atoms with Gasteiger partial charge in [-0.05, 0) is 22.8 Å². The van der Waals surface area contributed by atoms with Crippen LogP contribution in [0.25, 0.3) is 0 Å². The van der Waals surface area contributed by atoms with Gasteiger partial charge in [0.2, 0.25) is 5.91 Å². The van der Waals surface area contributed by atoms with Crippen molar-refractivity contribution in [1.29, 1.82) is 0 Å². The Bertz CT molecular complexity index is 551. The van der Waals surface area contributed by atoms with E-state index in [1.165, 1.54) is 0 Å². The maximum atomic E-state index is 12.4. The van der Waals surface area contributed by atoms with E-state index >= 15 is 0 Å². The third-order valence-corrected chi connectivity index (χ3v) is 5.31. The first-order valence-electron chi connectivity index (χ1n) is 7.96. The third kappa shape index (κ3) is 4.54. The molecule has 2 N–H and O–H groups in total. The Balaban J connectivity index is 1.97. The van der Waals surface area contributed by atoms with Crippen LogP contribution in [0.4, 0.5) is 0 Å². The van der Waals surface area contributed by atoms with Crippen molar-refractivity contribution >= 4 is 23.2 Å². The molecule has 5 nitrogen and oxygen atoms in total. The predicted octanol–water partition coefficient (Wildman–Crippen LogP) is 2.60. The number of hydrogen-bond donors (Lipinski definition) is 2. The third-order valence-electron chi connectivity index (χ3n) is 4.37. The molecule has 3 atom stereocenters. The Morgan fingerprint density at radius 2 is 2.13 bits per heavy atom. The zero-order chi connectivity index (χ0) is 17.2. The molecule has 1 saturated heterocycles. The number of likely N-dealkylation sites (tertiary alicyclic amines) is 1. The molecule has 2 heterocycles. The van der Waals surface area contributed by atoms with E-state index in [1.807, 2.05) is 29.3 Å². The van der Waals surface area contributed by atoms with E-state index in [9.17, 15) is 14.7 Å². The summed E-state index contributed by atoms with van der Waals surface area (Å²) in [5.41, 5.74) is -0.0809. The fourth-order valence-electron chi connectivity index (χ4n) is 3.10. The lowest BCUT2D eigenvalue weighted by molar-refractivity contribution is -0.142. The lowest BCUT2D eigenvalue weighted by atomic mass is 9.85. The number of carboxylic acid groups (broad SMARTS) is 1. The normalized spacial score (nSPS) is 23.7. The standard InChI is InChI=1S/C17H26N2O3S/c1-11-8-19(9-12(11)16(21)22)10-14(20)18-15(17(2,3)4)13-6-5-7-23-13/h5-7,11-12,15H,8-10H2,1-4H3,(H,18,20)(H,21,22)/t11-,12-,15?/m1/s1. The first-order valence-corrected chi connectivity index (χ1v) is 8.84. The molecule has 0 radical (unpaired) electrons. The van der Waals surface area contributed by atoms with Crippen LogP contribution in [-0.2, 0) is 9.59 Å². The van der Waals surface area contributed by atoms with E-state index in [4.69, 9.17) is 0 Å². The van der Waals surface area contributed by atoms with Gasteiger partial charge in [0, 0.05) is 18.0 Å². The molecule has 0 saturated carbocycles. The average Bonchev–Trinajstić information content (AvgIpc) is 3.04. The van der Waals surface area contributed by atoms with Gasteiger partial charge >= 0.3 is 5.97 Å². The summed E-state index contributed by atoms with van der Waals surface area (Å²) in [6.45, 7) is 9.61. The first-order chi connectivity index (χ1) is 10.7. The lowest BCUT2D eigenvalue weighted by Gasteiger charge is -2.31. The summed E-state index contributed by atoms with van der Waals surface area (Å²) >= 11 is 1.64. The summed E-state index contributed by atoms with van der Waals surface area (Å²) in [7, 11) is 0. The minimum absolute atomic E-state index is 0.0368. The molecule has 1 aliphatic heterocycles. The summed E-state index contributed by atoms with van der Waals surface area (Å²) in [5.74, 6) is -1.11. The highest BCUT2D eigenvalue weighted by atomic mass is 32.1. The second kappa shape index (κ2) is 7.01. The number of nitrogens with one attached hydrogen (secondary N) is 1. The predicted molar refractivity (Wildman–Crippen MR) is 91.4 cm³/mol. The van der Waals surface area contributed by atoms with E-state index in [-0.39, 0.29) is 35.7 Å². The van der Waals surface area contributed by atoms with Crippen LogP contribution in [0.15, 0.2) is 17.5 Å². The molecule has 1 aromatic heterocycles. The number of thiophene rings is 1. The van der Waals surface area contributed by atoms with Crippen molar-refractivity contribution < 1.29 is 14.7 Å². The molecule has 1 fully saturated rings. The number of carboxylic acids is 1. The van der Waals surface area contributed by atoms with Crippen molar-refractivity contribution in [3.8, 4) is 0 Å². The van der Waals surface area contributed by atoms with Crippen LogP contribution in [0.3, 0.4) is 0 Å². The Labute approximate surface area is 141 Å². The van der Waals surface area contributed by atoms with Crippen molar-refractivity contribution in [3.05, 3.63) is 22.4 Å². The number of carbonyl (C=O) groups excluding carboxylic acids is 1. The first kappa shape index (κ1) is 17.9. The Morgan fingerprint density at radius 3 is 2.61 bits per heavy atom. The fraction of sp³-hybridized carbons (Fsp3) is 0.647. The van der Waals surface area contributed by atoms with Gasteiger partial charge in [0.1, 0.15) is 0 Å². The highest BCUT2D eigenvalue weighted by Crippen LogP contribution is 2.35. The molecule has 6 heteroatoms. The molecule has 23 heavy (non-hydrogen) atoms. The number of aliphatic carboxylic acids is 1. The average molecular weight is 338 g/mol. The smallest absolute Gasteiger partial charge is 0.308 e. The molecule has 1 aromatic rings. The van der Waals surface area contributed by atoms with Crippen LogP contribution in [0.2, 0.25) is 0 Å². The van der Waals surface area contributed by atoms with Gasteiger partial charge in [-0.25, -0.2) is 0 Å². The Morgan fingerprint density at radius 1 is 1.43 bits per heavy atom. The molecule has 0 spiro atoms. The van der Waals surface area contributed by atoms with Crippen molar-refractivity contribution in [3.63, 3.8) is 0 Å². The molecular formula is C17H26N2O3S. The van der Waals surface area contributed by atoms with Crippen molar-refractivity contribution in [2.24, 2.45) is 17.3 Å². The second-order valence-electron chi connectivity index (χ2n) is 7.50. The molecule has 2 rings (SSSR count). The minimum atomic E-state index is -0.772. The van der Waals surface area contributed by atoms with Crippen LogP contribution in [0, 0.1) is 17.3 Å². The van der Waals surface area contributed by atoms with E-state index < -0.39 is 5.97 Å². The van der Waals surface area contributed by atoms with Crippen LogP contribution < -0.4 is 5.32 Å². The van der Waals surface area contributed by atoms with Gasteiger partial charge in [-0.1, -0.05) is 33.8 Å². The van der Waals surface area contributed by atoms with Gasteiger partial charge in [-0.3, -0.25) is 14.5 Å². The van der Waals surface area contributed by atoms with Gasteiger partial charge < -0.3 is 10.4 Å². The van der Waals surface area contributed by atoms with Gasteiger partial charge in [-0.15, -0.1) is 11.3 Å². The molecule has 128 valence electrons. The van der Waals surface area contributed by atoms with E-state index in [0.717, 1.165) is 4.88 Å². The van der Waals surface area contributed by atoms with Crippen LogP contribution in [0.1, 0.15) is 38.6 Å². The molecular weight excluding hydrogens is 312 g/mol. The largest absolute Gasteiger partial charge is 0.481 e. The van der Waals surface area contributed by atoms with Crippen LogP contribution >= 0.6 is 11.3 Å². The second-order valence-corrected chi connectivity index (χ2v) is 8.48. The van der Waals surface area contributed by atoms with Gasteiger partial charge in [0.25, 0.3) is 0 Å². The van der Waals surface area contributed by atoms with Gasteiger partial charge in [-0.2, -0.15) is 0 Å². The van der Waals surface area contributed by atoms with Crippen LogP contribution in [0.5, 0.6) is 0 Å². The van der Waals surface area contributed by atoms with Crippen molar-refractivity contribution in [2.45, 2.75) is 33.7 Å². The number of carbonyl (C=O) groups is 2. The van der Waals surface area contributed by atoms with Crippen molar-refractivity contribution in [2.75, 3.05) is 19.6 Å². The van der Waals surface area contributed by atoms with Crippen molar-refractivity contribution in [1.82, 2.24) is 10.2 Å². The molecule has 1 aliphatic rings. The highest BCUT2D eigenvalue weighted by molar-refractivity contribution is 7.10. The number of amides is 1. The van der Waals surface area contributed by atoms with Gasteiger partial charge in [0.15, 0.2) is 0 Å². The quantitative estimate of drug-likeness (QED) is 0.866. The topological polar surface area (TPSA) is 69.6 Å². The maximum Gasteiger partial charge on any atom is 0.308 e. The molecule has 0 aromatic carbocycles. The maximum absolute atomic E-state index is 12.4. The SMILES string of the molecule is C[C@@H]1CN(CC(=O)NC(c2cccs2)C(C)(C)C)C[C@H]1C(=O)O. The number of rotatable bonds is 5. The molecule has 1 unspecified atom stereocenters. The Hall–Kier alpha value is -1.40. The minimum Gasteiger partial charge on any atom is -0.481 e. The molecule has 0 aliphatic carbocycles. The molecule has 1 amide bonds. The summed E-state index contributed by atoms with van der Waals surface area (Å²) in [6.07, 6.45) is 0. The van der Waals surface area contributed by atoms with Crippen LogP contribution in [-0.4, -0.2) is 41.5 Å². The fourth-order valence-corrected chi connectivity index (χ4v) is 4.12. The number of hydrogen-bond acceptors (Lipinski definition) is 4. The number of nitrogens with zero attached hydrogens (tertiary/aromatic N) is 1. The lowest BCUT2D eigenvalue weighted by Crippen LogP contribution is -2.42. The zero-order valence-corrected chi connectivity index (χ0v) is 15.0. The monoisotopic (exact) mass is 338 g/mol. The van der Waals surface area contributed by atoms with E-state index in [1.54, 1.807) is 11.3 Å². The summed E-state index contributed by atoms with van der Waals surface area (Å²) in [5, 5.41) is 14.3. The highest BCUT2D eigenvalue weighted by Gasteiger charge is 2.36. The Kier molecular flexibility index (Phi) is 5.47. The van der Waals surface area contributed by atoms with E-state index in [2.05, 4.69) is 26.1 Å². The van der Waals surface area contributed by atoms with E-state index in [0.29, 0.717) is 13.1 Å². The summed E-state index contributed by atoms with van der Waals surface area (Å²) in [4.78, 5) is 26.7. The summed E-state index contributed by atoms with van der Waals surface area (Å²) < 4.78 is 0. The van der Waals surface area contributed by atoms with Gasteiger partial charge in [0.05, 0.1) is 18.5 Å².